The Bertz CT molecular complexity index is 921. The van der Waals surface area contributed by atoms with Gasteiger partial charge in [0.2, 0.25) is 5.95 Å². The predicted octanol–water partition coefficient (Wildman–Crippen LogP) is 2.12. The Kier molecular flexibility index (Phi) is 2.56. The Labute approximate surface area is 120 Å². The number of rotatable bonds is 3. The fourth-order valence-electron chi connectivity index (χ4n) is 2.36. The Hall–Kier alpha value is -2.96. The molecule has 3 aromatic heterocycles. The standard InChI is InChI=1S/C14H13N7/c1-2-15-14-19-12-11(16-7-17-12)13(20-14)21-8-18-9-5-3-4-6-10(9)21/h3-8H,2H2,1H3,(H2,15,16,17,19,20). The van der Waals surface area contributed by atoms with Crippen molar-refractivity contribution in [1.82, 2.24) is 29.5 Å². The molecule has 4 rings (SSSR count). The smallest absolute Gasteiger partial charge is 0.226 e. The maximum Gasteiger partial charge on any atom is 0.226 e. The summed E-state index contributed by atoms with van der Waals surface area (Å²) in [6, 6.07) is 7.94. The zero-order valence-electron chi connectivity index (χ0n) is 11.4. The molecular weight excluding hydrogens is 266 g/mol. The second-order valence-electron chi connectivity index (χ2n) is 4.61. The third-order valence-electron chi connectivity index (χ3n) is 3.28. The molecule has 0 radical (unpaired) electrons. The number of anilines is 1. The fraction of sp³-hybridized carbons (Fsp3) is 0.143. The van der Waals surface area contributed by atoms with E-state index in [-0.39, 0.29) is 0 Å². The molecule has 7 nitrogen and oxygen atoms in total. The van der Waals surface area contributed by atoms with E-state index in [1.165, 1.54) is 0 Å². The van der Waals surface area contributed by atoms with Crippen molar-refractivity contribution in [2.24, 2.45) is 0 Å². The minimum absolute atomic E-state index is 0.560. The van der Waals surface area contributed by atoms with Gasteiger partial charge in [-0.2, -0.15) is 9.97 Å². The van der Waals surface area contributed by atoms with Crippen LogP contribution in [-0.2, 0) is 0 Å². The van der Waals surface area contributed by atoms with Crippen molar-refractivity contribution < 1.29 is 0 Å². The van der Waals surface area contributed by atoms with Crippen LogP contribution in [0.1, 0.15) is 6.92 Å². The SMILES string of the molecule is CCNc1nc(-n2cnc3ccccc32)c2[nH]cnc2n1. The highest BCUT2D eigenvalue weighted by atomic mass is 15.2. The second-order valence-corrected chi connectivity index (χ2v) is 4.61. The van der Waals surface area contributed by atoms with E-state index in [1.807, 2.05) is 35.8 Å². The number of aromatic nitrogens is 6. The summed E-state index contributed by atoms with van der Waals surface area (Å²) >= 11 is 0. The zero-order chi connectivity index (χ0) is 14.2. The topological polar surface area (TPSA) is 84.3 Å². The molecule has 0 aliphatic carbocycles. The molecule has 4 aromatic rings. The molecule has 0 saturated carbocycles. The van der Waals surface area contributed by atoms with Gasteiger partial charge in [-0.05, 0) is 19.1 Å². The number of nitrogens with zero attached hydrogens (tertiary/aromatic N) is 5. The van der Waals surface area contributed by atoms with Crippen molar-refractivity contribution in [3.05, 3.63) is 36.9 Å². The number of H-pyrrole nitrogens is 1. The molecule has 0 unspecified atom stereocenters. The number of fused-ring (bicyclic) bond motifs is 2. The maximum atomic E-state index is 4.58. The highest BCUT2D eigenvalue weighted by Gasteiger charge is 2.13. The van der Waals surface area contributed by atoms with Crippen LogP contribution in [0, 0.1) is 0 Å². The van der Waals surface area contributed by atoms with Gasteiger partial charge in [0.15, 0.2) is 11.5 Å². The molecule has 0 spiro atoms. The van der Waals surface area contributed by atoms with E-state index in [4.69, 9.17) is 0 Å². The summed E-state index contributed by atoms with van der Waals surface area (Å²) < 4.78 is 1.94. The van der Waals surface area contributed by atoms with E-state index in [9.17, 15) is 0 Å². The van der Waals surface area contributed by atoms with Crippen molar-refractivity contribution in [2.75, 3.05) is 11.9 Å². The van der Waals surface area contributed by atoms with Crippen molar-refractivity contribution in [2.45, 2.75) is 6.92 Å². The van der Waals surface area contributed by atoms with Gasteiger partial charge in [-0.25, -0.2) is 9.97 Å². The Morgan fingerprint density at radius 3 is 3.00 bits per heavy atom. The molecule has 0 aliphatic heterocycles. The molecule has 7 heteroatoms. The maximum absolute atomic E-state index is 4.58. The van der Waals surface area contributed by atoms with Gasteiger partial charge < -0.3 is 10.3 Å². The summed E-state index contributed by atoms with van der Waals surface area (Å²) in [4.78, 5) is 20.7. The van der Waals surface area contributed by atoms with Crippen LogP contribution in [0.4, 0.5) is 5.95 Å². The Balaban J connectivity index is 2.02. The molecule has 0 amide bonds. The largest absolute Gasteiger partial charge is 0.354 e. The first kappa shape index (κ1) is 11.8. The number of imidazole rings is 2. The van der Waals surface area contributed by atoms with Gasteiger partial charge in [-0.15, -0.1) is 0 Å². The molecular formula is C14H13N7. The van der Waals surface area contributed by atoms with Crippen LogP contribution in [0.5, 0.6) is 0 Å². The summed E-state index contributed by atoms with van der Waals surface area (Å²) in [5.74, 6) is 1.30. The van der Waals surface area contributed by atoms with Crippen molar-refractivity contribution in [3.63, 3.8) is 0 Å². The first-order valence-corrected chi connectivity index (χ1v) is 6.74. The molecule has 0 aliphatic rings. The highest BCUT2D eigenvalue weighted by Crippen LogP contribution is 2.22. The van der Waals surface area contributed by atoms with E-state index in [1.54, 1.807) is 12.7 Å². The zero-order valence-corrected chi connectivity index (χ0v) is 11.4. The summed E-state index contributed by atoms with van der Waals surface area (Å²) in [5.41, 5.74) is 3.34. The lowest BCUT2D eigenvalue weighted by molar-refractivity contribution is 1.00. The van der Waals surface area contributed by atoms with E-state index in [2.05, 4.69) is 30.2 Å². The minimum Gasteiger partial charge on any atom is -0.354 e. The van der Waals surface area contributed by atoms with Crippen LogP contribution in [0.15, 0.2) is 36.9 Å². The molecule has 21 heavy (non-hydrogen) atoms. The van der Waals surface area contributed by atoms with Gasteiger partial charge in [-0.3, -0.25) is 4.57 Å². The number of nitrogens with one attached hydrogen (secondary N) is 2. The number of hydrogen-bond donors (Lipinski definition) is 2. The molecule has 1 aromatic carbocycles. The van der Waals surface area contributed by atoms with Crippen molar-refractivity contribution in [3.8, 4) is 5.82 Å². The molecule has 0 fully saturated rings. The average molecular weight is 279 g/mol. The molecule has 2 N–H and O–H groups in total. The van der Waals surface area contributed by atoms with Crippen LogP contribution in [0.3, 0.4) is 0 Å². The van der Waals surface area contributed by atoms with E-state index >= 15 is 0 Å². The third kappa shape index (κ3) is 1.82. The lowest BCUT2D eigenvalue weighted by Crippen LogP contribution is -2.06. The summed E-state index contributed by atoms with van der Waals surface area (Å²) in [7, 11) is 0. The Morgan fingerprint density at radius 2 is 2.10 bits per heavy atom. The van der Waals surface area contributed by atoms with E-state index in [0.29, 0.717) is 11.6 Å². The van der Waals surface area contributed by atoms with Crippen LogP contribution < -0.4 is 5.32 Å². The van der Waals surface area contributed by atoms with Crippen LogP contribution >= 0.6 is 0 Å². The van der Waals surface area contributed by atoms with Gasteiger partial charge in [0.1, 0.15) is 11.8 Å². The Morgan fingerprint density at radius 1 is 1.19 bits per heavy atom. The summed E-state index contributed by atoms with van der Waals surface area (Å²) in [5, 5.41) is 3.13. The molecule has 3 heterocycles. The van der Waals surface area contributed by atoms with Crippen molar-refractivity contribution >= 4 is 28.1 Å². The van der Waals surface area contributed by atoms with Gasteiger partial charge in [0, 0.05) is 6.54 Å². The van der Waals surface area contributed by atoms with Gasteiger partial charge in [0.25, 0.3) is 0 Å². The molecule has 0 atom stereocenters. The number of para-hydroxylation sites is 2. The molecule has 0 bridgehead atoms. The average Bonchev–Trinajstić information content (AvgIpc) is 3.13. The molecule has 0 saturated heterocycles. The lowest BCUT2D eigenvalue weighted by Gasteiger charge is -2.07. The fourth-order valence-corrected chi connectivity index (χ4v) is 2.36. The van der Waals surface area contributed by atoms with E-state index in [0.717, 1.165) is 28.9 Å². The summed E-state index contributed by atoms with van der Waals surface area (Å²) in [6.45, 7) is 2.75. The first-order chi connectivity index (χ1) is 10.4. The predicted molar refractivity (Wildman–Crippen MR) is 80.5 cm³/mol. The minimum atomic E-state index is 0.560. The molecule has 104 valence electrons. The van der Waals surface area contributed by atoms with Gasteiger partial charge in [-0.1, -0.05) is 12.1 Å². The van der Waals surface area contributed by atoms with Gasteiger partial charge >= 0.3 is 0 Å². The lowest BCUT2D eigenvalue weighted by atomic mass is 10.3. The van der Waals surface area contributed by atoms with Gasteiger partial charge in [0.05, 0.1) is 17.4 Å². The van der Waals surface area contributed by atoms with Crippen molar-refractivity contribution in [1.29, 1.82) is 0 Å². The number of aromatic amines is 1. The normalized spacial score (nSPS) is 11.3. The van der Waals surface area contributed by atoms with E-state index < -0.39 is 0 Å². The van der Waals surface area contributed by atoms with Crippen LogP contribution in [0.2, 0.25) is 0 Å². The number of hydrogen-bond acceptors (Lipinski definition) is 5. The number of benzene rings is 1. The van der Waals surface area contributed by atoms with Crippen LogP contribution in [0.25, 0.3) is 28.0 Å². The summed E-state index contributed by atoms with van der Waals surface area (Å²) in [6.07, 6.45) is 3.39. The second kappa shape index (κ2) is 4.55. The van der Waals surface area contributed by atoms with Crippen LogP contribution in [-0.4, -0.2) is 36.0 Å². The first-order valence-electron chi connectivity index (χ1n) is 6.74. The quantitative estimate of drug-likeness (QED) is 0.600. The monoisotopic (exact) mass is 279 g/mol. The highest BCUT2D eigenvalue weighted by molar-refractivity contribution is 5.84. The third-order valence-corrected chi connectivity index (χ3v) is 3.28.